The standard InChI is InChI=1S/C15H27N3O2/c1-12-3-5-15(11-16,6-4-12)14(20)18-9-7-17(8-10-18)13(2)19/h12H,3-11,16H2,1-2H3. The number of carbonyl (C=O) groups excluding carboxylic acids is 2. The molecule has 5 heteroatoms. The molecule has 1 aliphatic heterocycles. The Hall–Kier alpha value is -1.10. The number of hydrogen-bond donors (Lipinski definition) is 1. The van der Waals surface area contributed by atoms with E-state index in [1.807, 2.05) is 9.80 Å². The number of amides is 2. The zero-order valence-corrected chi connectivity index (χ0v) is 12.7. The predicted molar refractivity (Wildman–Crippen MR) is 78.0 cm³/mol. The average Bonchev–Trinajstić information content (AvgIpc) is 2.48. The predicted octanol–water partition coefficient (Wildman–Crippen LogP) is 0.832. The van der Waals surface area contributed by atoms with Crippen LogP contribution in [-0.4, -0.2) is 54.3 Å². The van der Waals surface area contributed by atoms with Gasteiger partial charge in [-0.3, -0.25) is 9.59 Å². The molecule has 20 heavy (non-hydrogen) atoms. The summed E-state index contributed by atoms with van der Waals surface area (Å²) >= 11 is 0. The molecule has 2 N–H and O–H groups in total. The summed E-state index contributed by atoms with van der Waals surface area (Å²) in [6.07, 6.45) is 4.01. The number of piperazine rings is 1. The van der Waals surface area contributed by atoms with Crippen molar-refractivity contribution >= 4 is 11.8 Å². The van der Waals surface area contributed by atoms with E-state index in [1.54, 1.807) is 6.92 Å². The van der Waals surface area contributed by atoms with Crippen LogP contribution in [0, 0.1) is 11.3 Å². The zero-order chi connectivity index (χ0) is 14.8. The molecule has 0 spiro atoms. The molecule has 0 unspecified atom stereocenters. The van der Waals surface area contributed by atoms with Crippen molar-refractivity contribution in [2.45, 2.75) is 39.5 Å². The average molecular weight is 281 g/mol. The van der Waals surface area contributed by atoms with Gasteiger partial charge in [-0.15, -0.1) is 0 Å². The minimum absolute atomic E-state index is 0.0946. The Balaban J connectivity index is 1.98. The molecule has 0 atom stereocenters. The van der Waals surface area contributed by atoms with E-state index in [9.17, 15) is 9.59 Å². The Morgan fingerprint density at radius 2 is 1.60 bits per heavy atom. The Kier molecular flexibility index (Phi) is 4.68. The molecule has 0 radical (unpaired) electrons. The summed E-state index contributed by atoms with van der Waals surface area (Å²) in [6.45, 7) is 6.88. The summed E-state index contributed by atoms with van der Waals surface area (Å²) in [7, 11) is 0. The van der Waals surface area contributed by atoms with Gasteiger partial charge in [-0.2, -0.15) is 0 Å². The number of nitrogens with zero attached hydrogens (tertiary/aromatic N) is 2. The monoisotopic (exact) mass is 281 g/mol. The van der Waals surface area contributed by atoms with Gasteiger partial charge in [-0.05, 0) is 31.6 Å². The van der Waals surface area contributed by atoms with Crippen LogP contribution in [0.4, 0.5) is 0 Å². The van der Waals surface area contributed by atoms with Gasteiger partial charge in [-0.25, -0.2) is 0 Å². The summed E-state index contributed by atoms with van der Waals surface area (Å²) in [6, 6.07) is 0. The van der Waals surface area contributed by atoms with Crippen molar-refractivity contribution in [3.63, 3.8) is 0 Å². The first-order chi connectivity index (χ1) is 9.48. The van der Waals surface area contributed by atoms with Crippen molar-refractivity contribution in [3.8, 4) is 0 Å². The van der Waals surface area contributed by atoms with Gasteiger partial charge in [0.2, 0.25) is 11.8 Å². The molecule has 2 aliphatic rings. The normalized spacial score (nSPS) is 31.2. The second-order valence-electron chi connectivity index (χ2n) is 6.47. The highest BCUT2D eigenvalue weighted by molar-refractivity contribution is 5.83. The maximum Gasteiger partial charge on any atom is 0.230 e. The number of rotatable bonds is 2. The highest BCUT2D eigenvalue weighted by Crippen LogP contribution is 2.39. The van der Waals surface area contributed by atoms with Gasteiger partial charge >= 0.3 is 0 Å². The Morgan fingerprint density at radius 3 is 2.05 bits per heavy atom. The summed E-state index contributed by atoms with van der Waals surface area (Å²) in [5.41, 5.74) is 5.61. The second-order valence-corrected chi connectivity index (χ2v) is 6.47. The minimum Gasteiger partial charge on any atom is -0.339 e. The SMILES string of the molecule is CC(=O)N1CCN(C(=O)C2(CN)CCC(C)CC2)CC1. The number of nitrogens with two attached hydrogens (primary N) is 1. The fraction of sp³-hybridized carbons (Fsp3) is 0.867. The van der Waals surface area contributed by atoms with Crippen molar-refractivity contribution in [1.29, 1.82) is 0 Å². The van der Waals surface area contributed by atoms with E-state index >= 15 is 0 Å². The summed E-state index contributed by atoms with van der Waals surface area (Å²) in [5.74, 6) is 1.02. The van der Waals surface area contributed by atoms with E-state index in [1.165, 1.54) is 0 Å². The topological polar surface area (TPSA) is 66.6 Å². The van der Waals surface area contributed by atoms with Crippen molar-refractivity contribution in [3.05, 3.63) is 0 Å². The largest absolute Gasteiger partial charge is 0.339 e. The lowest BCUT2D eigenvalue weighted by molar-refractivity contribution is -0.148. The van der Waals surface area contributed by atoms with E-state index in [0.29, 0.717) is 38.6 Å². The van der Waals surface area contributed by atoms with E-state index < -0.39 is 0 Å². The molecule has 1 aliphatic carbocycles. The van der Waals surface area contributed by atoms with Gasteiger partial charge in [-0.1, -0.05) is 6.92 Å². The van der Waals surface area contributed by atoms with Crippen molar-refractivity contribution in [2.75, 3.05) is 32.7 Å². The Morgan fingerprint density at radius 1 is 1.10 bits per heavy atom. The molecule has 2 rings (SSSR count). The molecule has 1 saturated carbocycles. The van der Waals surface area contributed by atoms with Crippen LogP contribution in [0.25, 0.3) is 0 Å². The summed E-state index contributed by atoms with van der Waals surface area (Å²) in [4.78, 5) is 27.9. The first kappa shape index (κ1) is 15.3. The molecule has 1 saturated heterocycles. The van der Waals surface area contributed by atoms with Crippen molar-refractivity contribution in [2.24, 2.45) is 17.1 Å². The number of hydrogen-bond acceptors (Lipinski definition) is 3. The lowest BCUT2D eigenvalue weighted by Gasteiger charge is -2.43. The van der Waals surface area contributed by atoms with Gasteiger partial charge in [0.15, 0.2) is 0 Å². The molecule has 2 fully saturated rings. The van der Waals surface area contributed by atoms with Crippen molar-refractivity contribution in [1.82, 2.24) is 9.80 Å². The number of carbonyl (C=O) groups is 2. The Bertz CT molecular complexity index is 367. The van der Waals surface area contributed by atoms with Crippen LogP contribution >= 0.6 is 0 Å². The molecular weight excluding hydrogens is 254 g/mol. The first-order valence-electron chi connectivity index (χ1n) is 7.73. The molecule has 5 nitrogen and oxygen atoms in total. The third-order valence-electron chi connectivity index (χ3n) is 5.09. The van der Waals surface area contributed by atoms with Gasteiger partial charge < -0.3 is 15.5 Å². The first-order valence-corrected chi connectivity index (χ1v) is 7.73. The van der Waals surface area contributed by atoms with Crippen LogP contribution < -0.4 is 5.73 Å². The third-order valence-corrected chi connectivity index (χ3v) is 5.09. The summed E-state index contributed by atoms with van der Waals surface area (Å²) < 4.78 is 0. The molecule has 114 valence electrons. The fourth-order valence-electron chi connectivity index (χ4n) is 3.38. The summed E-state index contributed by atoms with van der Waals surface area (Å²) in [5, 5.41) is 0. The van der Waals surface area contributed by atoms with E-state index in [4.69, 9.17) is 5.73 Å². The lowest BCUT2D eigenvalue weighted by Crippen LogP contribution is -2.56. The molecular formula is C15H27N3O2. The van der Waals surface area contributed by atoms with E-state index in [2.05, 4.69) is 6.92 Å². The van der Waals surface area contributed by atoms with E-state index in [-0.39, 0.29) is 17.2 Å². The smallest absolute Gasteiger partial charge is 0.230 e. The molecule has 0 aromatic heterocycles. The molecule has 2 amide bonds. The van der Waals surface area contributed by atoms with Crippen LogP contribution in [0.2, 0.25) is 0 Å². The lowest BCUT2D eigenvalue weighted by atomic mass is 9.70. The third kappa shape index (κ3) is 2.97. The van der Waals surface area contributed by atoms with Crippen molar-refractivity contribution < 1.29 is 9.59 Å². The quantitative estimate of drug-likeness (QED) is 0.815. The minimum atomic E-state index is -0.342. The maximum absolute atomic E-state index is 12.8. The zero-order valence-electron chi connectivity index (χ0n) is 12.7. The highest BCUT2D eigenvalue weighted by Gasteiger charge is 2.42. The highest BCUT2D eigenvalue weighted by atomic mass is 16.2. The van der Waals surface area contributed by atoms with Crippen LogP contribution in [0.15, 0.2) is 0 Å². The van der Waals surface area contributed by atoms with Crippen LogP contribution in [0.5, 0.6) is 0 Å². The van der Waals surface area contributed by atoms with Gasteiger partial charge in [0.1, 0.15) is 0 Å². The molecule has 0 aromatic rings. The van der Waals surface area contributed by atoms with Gasteiger partial charge in [0.05, 0.1) is 5.41 Å². The fourth-order valence-corrected chi connectivity index (χ4v) is 3.38. The maximum atomic E-state index is 12.8. The van der Waals surface area contributed by atoms with Gasteiger partial charge in [0.25, 0.3) is 0 Å². The molecule has 1 heterocycles. The Labute approximate surface area is 121 Å². The van der Waals surface area contributed by atoms with Crippen LogP contribution in [0.3, 0.4) is 0 Å². The van der Waals surface area contributed by atoms with Crippen LogP contribution in [-0.2, 0) is 9.59 Å². The van der Waals surface area contributed by atoms with Gasteiger partial charge in [0, 0.05) is 39.6 Å². The second kappa shape index (κ2) is 6.12. The molecule has 0 aromatic carbocycles. The molecule has 0 bridgehead atoms. The van der Waals surface area contributed by atoms with E-state index in [0.717, 1.165) is 25.7 Å². The van der Waals surface area contributed by atoms with Crippen LogP contribution in [0.1, 0.15) is 39.5 Å².